The Kier molecular flexibility index (Phi) is 4.29. The SMILES string of the molecule is Cc1cc(NC(=O)C(N)c2ccccc2)cnc1Br. The number of nitrogens with one attached hydrogen (secondary N) is 1. The molecule has 0 aliphatic rings. The number of carbonyl (C=O) groups excluding carboxylic acids is 1. The van der Waals surface area contributed by atoms with Gasteiger partial charge in [0.15, 0.2) is 0 Å². The van der Waals surface area contributed by atoms with Gasteiger partial charge in [0.25, 0.3) is 0 Å². The third-order valence-electron chi connectivity index (χ3n) is 2.72. The van der Waals surface area contributed by atoms with Crippen molar-refractivity contribution in [2.75, 3.05) is 5.32 Å². The van der Waals surface area contributed by atoms with Gasteiger partial charge in [-0.2, -0.15) is 0 Å². The van der Waals surface area contributed by atoms with E-state index in [2.05, 4.69) is 26.2 Å². The molecular weight excluding hydrogens is 306 g/mol. The van der Waals surface area contributed by atoms with Crippen molar-refractivity contribution in [1.29, 1.82) is 0 Å². The Bertz CT molecular complexity index is 586. The van der Waals surface area contributed by atoms with Gasteiger partial charge in [0.1, 0.15) is 10.6 Å². The third-order valence-corrected chi connectivity index (χ3v) is 3.55. The second kappa shape index (κ2) is 5.95. The minimum absolute atomic E-state index is 0.255. The number of amides is 1. The van der Waals surface area contributed by atoms with Crippen molar-refractivity contribution >= 4 is 27.5 Å². The van der Waals surface area contributed by atoms with Crippen LogP contribution in [-0.2, 0) is 4.79 Å². The highest BCUT2D eigenvalue weighted by atomic mass is 79.9. The Balaban J connectivity index is 2.10. The number of nitrogens with two attached hydrogens (primary N) is 1. The molecule has 0 bridgehead atoms. The standard InChI is InChI=1S/C14H14BrN3O/c1-9-7-11(8-17-13(9)15)18-14(19)12(16)10-5-3-2-4-6-10/h2-8,12H,16H2,1H3,(H,18,19). The number of nitrogens with zero attached hydrogens (tertiary/aromatic N) is 1. The Morgan fingerprint density at radius 3 is 2.68 bits per heavy atom. The Morgan fingerprint density at radius 1 is 1.37 bits per heavy atom. The zero-order valence-corrected chi connectivity index (χ0v) is 12.0. The first-order valence-corrected chi connectivity index (χ1v) is 6.61. The van der Waals surface area contributed by atoms with Gasteiger partial charge in [-0.15, -0.1) is 0 Å². The van der Waals surface area contributed by atoms with Gasteiger partial charge in [-0.05, 0) is 40.0 Å². The normalized spacial score (nSPS) is 11.9. The number of hydrogen-bond donors (Lipinski definition) is 2. The van der Waals surface area contributed by atoms with E-state index < -0.39 is 6.04 Å². The molecule has 0 spiro atoms. The lowest BCUT2D eigenvalue weighted by Gasteiger charge is -2.12. The highest BCUT2D eigenvalue weighted by Gasteiger charge is 2.15. The first kappa shape index (κ1) is 13.7. The molecule has 1 atom stereocenters. The third kappa shape index (κ3) is 3.39. The summed E-state index contributed by atoms with van der Waals surface area (Å²) in [5, 5.41) is 2.76. The summed E-state index contributed by atoms with van der Waals surface area (Å²) in [6.07, 6.45) is 1.59. The van der Waals surface area contributed by atoms with Crippen molar-refractivity contribution < 1.29 is 4.79 Å². The van der Waals surface area contributed by atoms with Crippen molar-refractivity contribution in [2.45, 2.75) is 13.0 Å². The number of aromatic nitrogens is 1. The number of hydrogen-bond acceptors (Lipinski definition) is 3. The smallest absolute Gasteiger partial charge is 0.245 e. The number of pyridine rings is 1. The molecule has 2 rings (SSSR count). The van der Waals surface area contributed by atoms with Crippen LogP contribution in [0.4, 0.5) is 5.69 Å². The summed E-state index contributed by atoms with van der Waals surface area (Å²) >= 11 is 3.31. The molecule has 0 aliphatic carbocycles. The van der Waals surface area contributed by atoms with Gasteiger partial charge in [-0.3, -0.25) is 4.79 Å². The highest BCUT2D eigenvalue weighted by molar-refractivity contribution is 9.10. The Morgan fingerprint density at radius 2 is 2.05 bits per heavy atom. The predicted octanol–water partition coefficient (Wildman–Crippen LogP) is 2.79. The van der Waals surface area contributed by atoms with Crippen LogP contribution in [-0.4, -0.2) is 10.9 Å². The van der Waals surface area contributed by atoms with E-state index in [1.54, 1.807) is 6.20 Å². The quantitative estimate of drug-likeness (QED) is 0.855. The predicted molar refractivity (Wildman–Crippen MR) is 78.7 cm³/mol. The molecule has 5 heteroatoms. The van der Waals surface area contributed by atoms with Crippen molar-refractivity contribution in [3.63, 3.8) is 0 Å². The summed E-state index contributed by atoms with van der Waals surface area (Å²) in [5.41, 5.74) is 8.28. The van der Waals surface area contributed by atoms with Crippen LogP contribution in [0.5, 0.6) is 0 Å². The number of benzene rings is 1. The molecule has 1 amide bonds. The number of aryl methyl sites for hydroxylation is 1. The molecule has 4 nitrogen and oxygen atoms in total. The molecule has 19 heavy (non-hydrogen) atoms. The first-order valence-electron chi connectivity index (χ1n) is 5.81. The molecule has 98 valence electrons. The van der Waals surface area contributed by atoms with Crippen molar-refractivity contribution in [1.82, 2.24) is 4.98 Å². The molecule has 0 radical (unpaired) electrons. The van der Waals surface area contributed by atoms with E-state index in [4.69, 9.17) is 5.73 Å². The van der Waals surface area contributed by atoms with Gasteiger partial charge in [0, 0.05) is 0 Å². The molecule has 1 aromatic carbocycles. The van der Waals surface area contributed by atoms with Crippen LogP contribution in [0.25, 0.3) is 0 Å². The molecule has 0 saturated heterocycles. The minimum Gasteiger partial charge on any atom is -0.323 e. The van der Waals surface area contributed by atoms with Gasteiger partial charge in [-0.1, -0.05) is 30.3 Å². The number of anilines is 1. The monoisotopic (exact) mass is 319 g/mol. The summed E-state index contributed by atoms with van der Waals surface area (Å²) in [4.78, 5) is 16.2. The topological polar surface area (TPSA) is 68.0 Å². The molecule has 1 aromatic heterocycles. The summed E-state index contributed by atoms with van der Waals surface area (Å²) in [6.45, 7) is 1.91. The van der Waals surface area contributed by atoms with Crippen molar-refractivity contribution in [3.8, 4) is 0 Å². The maximum absolute atomic E-state index is 12.0. The van der Waals surface area contributed by atoms with Gasteiger partial charge in [-0.25, -0.2) is 4.98 Å². The highest BCUT2D eigenvalue weighted by Crippen LogP contribution is 2.18. The van der Waals surface area contributed by atoms with Gasteiger partial charge < -0.3 is 11.1 Å². The van der Waals surface area contributed by atoms with Crippen LogP contribution >= 0.6 is 15.9 Å². The molecule has 0 aliphatic heterocycles. The lowest BCUT2D eigenvalue weighted by Crippen LogP contribution is -2.27. The molecule has 0 saturated carbocycles. The van der Waals surface area contributed by atoms with E-state index in [0.717, 1.165) is 15.7 Å². The maximum atomic E-state index is 12.0. The van der Waals surface area contributed by atoms with E-state index in [-0.39, 0.29) is 5.91 Å². The summed E-state index contributed by atoms with van der Waals surface area (Å²) in [6, 6.07) is 10.4. The van der Waals surface area contributed by atoms with Crippen LogP contribution in [0, 0.1) is 6.92 Å². The minimum atomic E-state index is -0.690. The van der Waals surface area contributed by atoms with Crippen LogP contribution < -0.4 is 11.1 Å². The van der Waals surface area contributed by atoms with E-state index in [0.29, 0.717) is 5.69 Å². The fourth-order valence-corrected chi connectivity index (χ4v) is 1.88. The fourth-order valence-electron chi connectivity index (χ4n) is 1.66. The zero-order valence-electron chi connectivity index (χ0n) is 10.4. The van der Waals surface area contributed by atoms with E-state index in [9.17, 15) is 4.79 Å². The summed E-state index contributed by atoms with van der Waals surface area (Å²) < 4.78 is 0.762. The molecule has 3 N–H and O–H groups in total. The largest absolute Gasteiger partial charge is 0.323 e. The van der Waals surface area contributed by atoms with Crippen LogP contribution in [0.3, 0.4) is 0 Å². The molecule has 2 aromatic rings. The Labute approximate surface area is 120 Å². The Hall–Kier alpha value is -1.72. The van der Waals surface area contributed by atoms with Gasteiger partial charge in [0.2, 0.25) is 5.91 Å². The second-order valence-electron chi connectivity index (χ2n) is 4.21. The number of halogens is 1. The maximum Gasteiger partial charge on any atom is 0.245 e. The lowest BCUT2D eigenvalue weighted by atomic mass is 10.1. The van der Waals surface area contributed by atoms with Crippen LogP contribution in [0.2, 0.25) is 0 Å². The molecular formula is C14H14BrN3O. The van der Waals surface area contributed by atoms with E-state index >= 15 is 0 Å². The average Bonchev–Trinajstić information content (AvgIpc) is 2.43. The van der Waals surface area contributed by atoms with Crippen molar-refractivity contribution in [3.05, 3.63) is 58.3 Å². The number of rotatable bonds is 3. The molecule has 0 fully saturated rings. The summed E-state index contributed by atoms with van der Waals surface area (Å²) in [5.74, 6) is -0.255. The van der Waals surface area contributed by atoms with E-state index in [1.807, 2.05) is 43.3 Å². The van der Waals surface area contributed by atoms with Crippen LogP contribution in [0.1, 0.15) is 17.2 Å². The summed E-state index contributed by atoms with van der Waals surface area (Å²) in [7, 11) is 0. The first-order chi connectivity index (χ1) is 9.08. The zero-order chi connectivity index (χ0) is 13.8. The second-order valence-corrected chi connectivity index (χ2v) is 4.96. The molecule has 1 heterocycles. The number of carbonyl (C=O) groups is 1. The fraction of sp³-hybridized carbons (Fsp3) is 0.143. The van der Waals surface area contributed by atoms with Crippen molar-refractivity contribution in [2.24, 2.45) is 5.73 Å². The van der Waals surface area contributed by atoms with Crippen LogP contribution in [0.15, 0.2) is 47.2 Å². The van der Waals surface area contributed by atoms with Gasteiger partial charge >= 0.3 is 0 Å². The van der Waals surface area contributed by atoms with Gasteiger partial charge in [0.05, 0.1) is 11.9 Å². The molecule has 1 unspecified atom stereocenters. The lowest BCUT2D eigenvalue weighted by molar-refractivity contribution is -0.117. The average molecular weight is 320 g/mol. The van der Waals surface area contributed by atoms with E-state index in [1.165, 1.54) is 0 Å².